The number of benzene rings is 1. The molecule has 3 heteroatoms. The fourth-order valence-electron chi connectivity index (χ4n) is 2.84. The summed E-state index contributed by atoms with van der Waals surface area (Å²) in [5.41, 5.74) is 2.63. The second kappa shape index (κ2) is 7.00. The first-order valence-electron chi connectivity index (χ1n) is 7.61. The lowest BCUT2D eigenvalue weighted by Gasteiger charge is -2.38. The summed E-state index contributed by atoms with van der Waals surface area (Å²) in [6.45, 7) is 8.13. The summed E-state index contributed by atoms with van der Waals surface area (Å²) in [5, 5.41) is 0. The van der Waals surface area contributed by atoms with Gasteiger partial charge in [-0.25, -0.2) is 0 Å². The van der Waals surface area contributed by atoms with E-state index in [9.17, 15) is 4.79 Å². The molecule has 0 bridgehead atoms. The molecule has 0 aliphatic carbocycles. The molecule has 20 heavy (non-hydrogen) atoms. The van der Waals surface area contributed by atoms with E-state index < -0.39 is 0 Å². The molecule has 1 aromatic carbocycles. The summed E-state index contributed by atoms with van der Waals surface area (Å²) in [6.07, 6.45) is 1.68. The van der Waals surface area contributed by atoms with Crippen LogP contribution in [-0.2, 0) is 11.2 Å². The zero-order valence-electron chi connectivity index (χ0n) is 12.9. The maximum absolute atomic E-state index is 11.6. The Morgan fingerprint density at radius 3 is 2.25 bits per heavy atom. The van der Waals surface area contributed by atoms with Crippen molar-refractivity contribution in [2.75, 3.05) is 33.2 Å². The number of hydrogen-bond donors (Lipinski definition) is 0. The Morgan fingerprint density at radius 2 is 1.75 bits per heavy atom. The molecule has 1 atom stereocenters. The number of aryl methyl sites for hydroxylation is 1. The van der Waals surface area contributed by atoms with E-state index >= 15 is 0 Å². The van der Waals surface area contributed by atoms with Gasteiger partial charge in [0.05, 0.1) is 0 Å². The summed E-state index contributed by atoms with van der Waals surface area (Å²) < 4.78 is 0. The Morgan fingerprint density at radius 1 is 1.15 bits per heavy atom. The van der Waals surface area contributed by atoms with Crippen LogP contribution in [0.15, 0.2) is 24.3 Å². The molecular formula is C17H26N2O. The van der Waals surface area contributed by atoms with Crippen LogP contribution in [-0.4, -0.2) is 48.8 Å². The lowest BCUT2D eigenvalue weighted by atomic mass is 9.97. The SMILES string of the molecule is CCc1ccc(C(CC(C)=O)N2CCN(C)CC2)cc1. The number of piperazine rings is 1. The van der Waals surface area contributed by atoms with Gasteiger partial charge in [-0.05, 0) is 31.5 Å². The lowest BCUT2D eigenvalue weighted by Crippen LogP contribution is -2.46. The van der Waals surface area contributed by atoms with Gasteiger partial charge in [0.25, 0.3) is 0 Å². The van der Waals surface area contributed by atoms with E-state index in [-0.39, 0.29) is 11.8 Å². The topological polar surface area (TPSA) is 23.6 Å². The molecule has 0 spiro atoms. The minimum absolute atomic E-state index is 0.243. The van der Waals surface area contributed by atoms with Crippen LogP contribution >= 0.6 is 0 Å². The van der Waals surface area contributed by atoms with Crippen LogP contribution in [0.3, 0.4) is 0 Å². The minimum atomic E-state index is 0.243. The van der Waals surface area contributed by atoms with Gasteiger partial charge < -0.3 is 4.90 Å². The average Bonchev–Trinajstić information content (AvgIpc) is 2.46. The van der Waals surface area contributed by atoms with Crippen molar-refractivity contribution in [1.29, 1.82) is 0 Å². The number of ketones is 1. The van der Waals surface area contributed by atoms with E-state index in [0.29, 0.717) is 6.42 Å². The van der Waals surface area contributed by atoms with Crippen molar-refractivity contribution in [2.24, 2.45) is 0 Å². The van der Waals surface area contributed by atoms with Gasteiger partial charge in [-0.2, -0.15) is 0 Å². The highest BCUT2D eigenvalue weighted by Gasteiger charge is 2.24. The predicted octanol–water partition coefficient (Wildman–Crippen LogP) is 2.52. The zero-order chi connectivity index (χ0) is 14.5. The normalized spacial score (nSPS) is 18.9. The number of nitrogens with zero attached hydrogens (tertiary/aromatic N) is 2. The highest BCUT2D eigenvalue weighted by Crippen LogP contribution is 2.26. The van der Waals surface area contributed by atoms with Crippen molar-refractivity contribution in [2.45, 2.75) is 32.7 Å². The molecule has 0 aromatic heterocycles. The number of carbonyl (C=O) groups is 1. The first-order chi connectivity index (χ1) is 9.60. The second-order valence-electron chi connectivity index (χ2n) is 5.86. The van der Waals surface area contributed by atoms with Crippen LogP contribution in [0.2, 0.25) is 0 Å². The summed E-state index contributed by atoms with van der Waals surface area (Å²) in [7, 11) is 2.16. The number of likely N-dealkylation sites (N-methyl/N-ethyl adjacent to an activating group) is 1. The van der Waals surface area contributed by atoms with Gasteiger partial charge in [-0.15, -0.1) is 0 Å². The molecule has 1 saturated heterocycles. The van der Waals surface area contributed by atoms with Crippen LogP contribution in [0.4, 0.5) is 0 Å². The third kappa shape index (κ3) is 3.90. The fraction of sp³-hybridized carbons (Fsp3) is 0.588. The molecule has 0 saturated carbocycles. The van der Waals surface area contributed by atoms with Crippen LogP contribution in [0.5, 0.6) is 0 Å². The zero-order valence-corrected chi connectivity index (χ0v) is 12.9. The number of hydrogen-bond acceptors (Lipinski definition) is 3. The maximum atomic E-state index is 11.6. The Labute approximate surface area is 122 Å². The molecule has 0 amide bonds. The van der Waals surface area contributed by atoms with Crippen molar-refractivity contribution in [3.63, 3.8) is 0 Å². The van der Waals surface area contributed by atoms with Gasteiger partial charge in [0.2, 0.25) is 0 Å². The Kier molecular flexibility index (Phi) is 5.32. The molecule has 1 unspecified atom stereocenters. The molecular weight excluding hydrogens is 248 g/mol. The van der Waals surface area contributed by atoms with Crippen molar-refractivity contribution < 1.29 is 4.79 Å². The Bertz CT molecular complexity index is 433. The number of carbonyl (C=O) groups excluding carboxylic acids is 1. The van der Waals surface area contributed by atoms with Crippen LogP contribution in [0, 0.1) is 0 Å². The molecule has 0 radical (unpaired) electrons. The summed E-state index contributed by atoms with van der Waals surface area (Å²) in [5.74, 6) is 0.272. The third-order valence-electron chi connectivity index (χ3n) is 4.23. The molecule has 1 aliphatic rings. The highest BCUT2D eigenvalue weighted by atomic mass is 16.1. The van der Waals surface area contributed by atoms with Gasteiger partial charge in [0.15, 0.2) is 0 Å². The van der Waals surface area contributed by atoms with Gasteiger partial charge in [0, 0.05) is 38.6 Å². The smallest absolute Gasteiger partial charge is 0.131 e. The van der Waals surface area contributed by atoms with Crippen molar-refractivity contribution in [1.82, 2.24) is 9.80 Å². The van der Waals surface area contributed by atoms with Gasteiger partial charge in [0.1, 0.15) is 5.78 Å². The molecule has 1 aromatic rings. The van der Waals surface area contributed by atoms with Crippen molar-refractivity contribution in [3.8, 4) is 0 Å². The molecule has 1 heterocycles. The molecule has 1 aliphatic heterocycles. The molecule has 110 valence electrons. The summed E-state index contributed by atoms with van der Waals surface area (Å²) in [4.78, 5) is 16.4. The Hall–Kier alpha value is -1.19. The van der Waals surface area contributed by atoms with E-state index in [2.05, 4.69) is 48.0 Å². The summed E-state index contributed by atoms with van der Waals surface area (Å²) in [6, 6.07) is 9.03. The van der Waals surface area contributed by atoms with Gasteiger partial charge >= 0.3 is 0 Å². The largest absolute Gasteiger partial charge is 0.304 e. The quantitative estimate of drug-likeness (QED) is 0.824. The lowest BCUT2D eigenvalue weighted by molar-refractivity contribution is -0.118. The monoisotopic (exact) mass is 274 g/mol. The van der Waals surface area contributed by atoms with E-state index in [1.807, 2.05) is 0 Å². The average molecular weight is 274 g/mol. The van der Waals surface area contributed by atoms with Gasteiger partial charge in [-0.3, -0.25) is 9.69 Å². The van der Waals surface area contributed by atoms with Crippen LogP contribution in [0.1, 0.15) is 37.4 Å². The van der Waals surface area contributed by atoms with Crippen LogP contribution in [0.25, 0.3) is 0 Å². The van der Waals surface area contributed by atoms with E-state index in [1.54, 1.807) is 6.92 Å². The molecule has 0 N–H and O–H groups in total. The van der Waals surface area contributed by atoms with Crippen molar-refractivity contribution in [3.05, 3.63) is 35.4 Å². The van der Waals surface area contributed by atoms with E-state index in [0.717, 1.165) is 32.6 Å². The van der Waals surface area contributed by atoms with Crippen molar-refractivity contribution >= 4 is 5.78 Å². The highest BCUT2D eigenvalue weighted by molar-refractivity contribution is 5.76. The predicted molar refractivity (Wildman–Crippen MR) is 82.9 cm³/mol. The molecule has 3 nitrogen and oxygen atoms in total. The fourth-order valence-corrected chi connectivity index (χ4v) is 2.84. The number of rotatable bonds is 5. The van der Waals surface area contributed by atoms with E-state index in [4.69, 9.17) is 0 Å². The first-order valence-corrected chi connectivity index (χ1v) is 7.61. The number of Topliss-reactive ketones (excluding diaryl/α,β-unsaturated/α-hetero) is 1. The molecule has 2 rings (SSSR count). The Balaban J connectivity index is 2.15. The van der Waals surface area contributed by atoms with Gasteiger partial charge in [-0.1, -0.05) is 31.2 Å². The van der Waals surface area contributed by atoms with Crippen LogP contribution < -0.4 is 0 Å². The third-order valence-corrected chi connectivity index (χ3v) is 4.23. The minimum Gasteiger partial charge on any atom is -0.304 e. The second-order valence-corrected chi connectivity index (χ2v) is 5.86. The summed E-state index contributed by atoms with van der Waals surface area (Å²) >= 11 is 0. The first kappa shape index (κ1) is 15.2. The standard InChI is InChI=1S/C17H26N2O/c1-4-15-5-7-16(8-6-15)17(13-14(2)20)19-11-9-18(3)10-12-19/h5-8,17H,4,9-13H2,1-3H3. The molecule has 1 fully saturated rings. The maximum Gasteiger partial charge on any atom is 0.131 e. The van der Waals surface area contributed by atoms with E-state index in [1.165, 1.54) is 11.1 Å².